The number of hydrogen-bond acceptors (Lipinski definition) is 3. The summed E-state index contributed by atoms with van der Waals surface area (Å²) in [6, 6.07) is 13.1. The Morgan fingerprint density at radius 1 is 1.14 bits per heavy atom. The maximum absolute atomic E-state index is 12.5. The first-order valence-electron chi connectivity index (χ1n) is 9.89. The van der Waals surface area contributed by atoms with Crippen LogP contribution in [0.2, 0.25) is 5.02 Å². The Labute approximate surface area is 177 Å². The fourth-order valence-electron chi connectivity index (χ4n) is 3.39. The minimum absolute atomic E-state index is 0.0465. The molecular weight excluding hydrogens is 386 g/mol. The predicted octanol–water partition coefficient (Wildman–Crippen LogP) is 4.53. The van der Waals surface area contributed by atoms with E-state index in [1.807, 2.05) is 75.1 Å². The molecular formula is C23H28ClN3O2. The normalized spacial score (nSPS) is 14.9. The molecule has 2 amide bonds. The average Bonchev–Trinajstić information content (AvgIpc) is 2.64. The molecule has 1 aliphatic rings. The molecule has 0 bridgehead atoms. The van der Waals surface area contributed by atoms with E-state index in [1.54, 1.807) is 0 Å². The Balaban J connectivity index is 1.75. The molecule has 0 aromatic heterocycles. The second-order valence-corrected chi connectivity index (χ2v) is 8.99. The van der Waals surface area contributed by atoms with Gasteiger partial charge in [-0.15, -0.1) is 0 Å². The quantitative estimate of drug-likeness (QED) is 0.756. The summed E-state index contributed by atoms with van der Waals surface area (Å²) in [6.07, 6.45) is 1.17. The van der Waals surface area contributed by atoms with E-state index >= 15 is 0 Å². The molecule has 3 rings (SSSR count). The molecule has 0 aliphatic carbocycles. The topological polar surface area (TPSA) is 61.4 Å². The van der Waals surface area contributed by atoms with Crippen molar-refractivity contribution >= 4 is 34.8 Å². The summed E-state index contributed by atoms with van der Waals surface area (Å²) in [5, 5.41) is 6.93. The Bertz CT molecular complexity index is 903. The third-order valence-electron chi connectivity index (χ3n) is 4.81. The average molecular weight is 414 g/mol. The van der Waals surface area contributed by atoms with Gasteiger partial charge in [0, 0.05) is 28.4 Å². The van der Waals surface area contributed by atoms with Crippen LogP contribution >= 0.6 is 11.6 Å². The summed E-state index contributed by atoms with van der Waals surface area (Å²) in [4.78, 5) is 26.7. The lowest BCUT2D eigenvalue weighted by atomic mass is 9.99. The number of nitrogens with zero attached hydrogens (tertiary/aromatic N) is 1. The van der Waals surface area contributed by atoms with E-state index in [0.717, 1.165) is 22.5 Å². The molecule has 0 spiro atoms. The molecule has 1 aliphatic heterocycles. The van der Waals surface area contributed by atoms with Gasteiger partial charge in [0.25, 0.3) is 0 Å². The standard InChI is InChI=1S/C23H28ClN3O2/c1-15(22(29)26-23(2,3)4)25-19-10-11-20-17(13-19)7-12-21(28)27(20)14-16-5-8-18(24)9-6-16/h5-6,8-11,13,15,25H,7,12,14H2,1-4H3,(H,26,29). The summed E-state index contributed by atoms with van der Waals surface area (Å²) in [7, 11) is 0. The Morgan fingerprint density at radius 3 is 2.48 bits per heavy atom. The largest absolute Gasteiger partial charge is 0.374 e. The van der Waals surface area contributed by atoms with Gasteiger partial charge in [-0.2, -0.15) is 0 Å². The molecule has 1 unspecified atom stereocenters. The van der Waals surface area contributed by atoms with E-state index in [9.17, 15) is 9.59 Å². The molecule has 0 saturated carbocycles. The van der Waals surface area contributed by atoms with Crippen molar-refractivity contribution in [2.75, 3.05) is 10.2 Å². The molecule has 0 radical (unpaired) electrons. The minimum Gasteiger partial charge on any atom is -0.374 e. The van der Waals surface area contributed by atoms with E-state index in [0.29, 0.717) is 24.4 Å². The third kappa shape index (κ3) is 5.51. The number of carbonyl (C=O) groups is 2. The van der Waals surface area contributed by atoms with Crippen LogP contribution in [0.4, 0.5) is 11.4 Å². The number of rotatable bonds is 5. The van der Waals surface area contributed by atoms with Crippen molar-refractivity contribution < 1.29 is 9.59 Å². The first kappa shape index (κ1) is 21.2. The molecule has 5 nitrogen and oxygen atoms in total. The number of benzene rings is 2. The van der Waals surface area contributed by atoms with Crippen LogP contribution in [0.5, 0.6) is 0 Å². The Hall–Kier alpha value is -2.53. The van der Waals surface area contributed by atoms with Crippen LogP contribution in [0, 0.1) is 0 Å². The zero-order valence-corrected chi connectivity index (χ0v) is 18.1. The van der Waals surface area contributed by atoms with Gasteiger partial charge in [-0.25, -0.2) is 0 Å². The SMILES string of the molecule is CC(Nc1ccc2c(c1)CCC(=O)N2Cc1ccc(Cl)cc1)C(=O)NC(C)(C)C. The second kappa shape index (κ2) is 8.46. The molecule has 6 heteroatoms. The van der Waals surface area contributed by atoms with Crippen LogP contribution in [0.3, 0.4) is 0 Å². The molecule has 1 heterocycles. The van der Waals surface area contributed by atoms with E-state index in [4.69, 9.17) is 11.6 Å². The van der Waals surface area contributed by atoms with Gasteiger partial charge in [-0.1, -0.05) is 23.7 Å². The van der Waals surface area contributed by atoms with Gasteiger partial charge in [0.1, 0.15) is 6.04 Å². The smallest absolute Gasteiger partial charge is 0.242 e. The molecule has 29 heavy (non-hydrogen) atoms. The van der Waals surface area contributed by atoms with Crippen LogP contribution in [-0.2, 0) is 22.6 Å². The number of anilines is 2. The van der Waals surface area contributed by atoms with Gasteiger partial charge in [0.05, 0.1) is 6.54 Å². The number of halogens is 1. The van der Waals surface area contributed by atoms with Crippen molar-refractivity contribution in [3.05, 3.63) is 58.6 Å². The van der Waals surface area contributed by atoms with Crippen molar-refractivity contribution in [2.24, 2.45) is 0 Å². The molecule has 0 fully saturated rings. The van der Waals surface area contributed by atoms with Gasteiger partial charge in [0.2, 0.25) is 11.8 Å². The number of carbonyl (C=O) groups excluding carboxylic acids is 2. The maximum atomic E-state index is 12.5. The lowest BCUT2D eigenvalue weighted by Crippen LogP contribution is -2.47. The van der Waals surface area contributed by atoms with Crippen LogP contribution in [-0.4, -0.2) is 23.4 Å². The molecule has 0 saturated heterocycles. The van der Waals surface area contributed by atoms with Crippen molar-refractivity contribution in [3.8, 4) is 0 Å². The highest BCUT2D eigenvalue weighted by Crippen LogP contribution is 2.32. The van der Waals surface area contributed by atoms with E-state index in [2.05, 4.69) is 10.6 Å². The van der Waals surface area contributed by atoms with Crippen molar-refractivity contribution in [1.82, 2.24) is 5.32 Å². The summed E-state index contributed by atoms with van der Waals surface area (Å²) in [5.41, 5.74) is 3.66. The molecule has 2 aromatic rings. The second-order valence-electron chi connectivity index (χ2n) is 8.56. The van der Waals surface area contributed by atoms with Gasteiger partial charge in [-0.3, -0.25) is 9.59 Å². The number of nitrogens with one attached hydrogen (secondary N) is 2. The zero-order chi connectivity index (χ0) is 21.2. The van der Waals surface area contributed by atoms with Crippen molar-refractivity contribution in [2.45, 2.75) is 58.7 Å². The maximum Gasteiger partial charge on any atom is 0.242 e. The highest BCUT2D eigenvalue weighted by molar-refractivity contribution is 6.30. The highest BCUT2D eigenvalue weighted by Gasteiger charge is 2.25. The number of amides is 2. The zero-order valence-electron chi connectivity index (χ0n) is 17.4. The van der Waals surface area contributed by atoms with Crippen molar-refractivity contribution in [1.29, 1.82) is 0 Å². The Kier molecular flexibility index (Phi) is 6.18. The monoisotopic (exact) mass is 413 g/mol. The molecule has 2 aromatic carbocycles. The fourth-order valence-corrected chi connectivity index (χ4v) is 3.51. The molecule has 154 valence electrons. The summed E-state index contributed by atoms with van der Waals surface area (Å²) in [5.74, 6) is 0.0702. The highest BCUT2D eigenvalue weighted by atomic mass is 35.5. The van der Waals surface area contributed by atoms with E-state index < -0.39 is 0 Å². The fraction of sp³-hybridized carbons (Fsp3) is 0.391. The number of fused-ring (bicyclic) bond motifs is 1. The number of aryl methyl sites for hydroxylation is 1. The summed E-state index contributed by atoms with van der Waals surface area (Å²) in [6.45, 7) is 8.24. The molecule has 1 atom stereocenters. The van der Waals surface area contributed by atoms with Crippen LogP contribution in [0.15, 0.2) is 42.5 Å². The third-order valence-corrected chi connectivity index (χ3v) is 5.06. The van der Waals surface area contributed by atoms with Gasteiger partial charge in [0.15, 0.2) is 0 Å². The van der Waals surface area contributed by atoms with Gasteiger partial charge >= 0.3 is 0 Å². The van der Waals surface area contributed by atoms with E-state index in [-0.39, 0.29) is 23.4 Å². The summed E-state index contributed by atoms with van der Waals surface area (Å²) >= 11 is 5.96. The summed E-state index contributed by atoms with van der Waals surface area (Å²) < 4.78 is 0. The molecule has 2 N–H and O–H groups in total. The van der Waals surface area contributed by atoms with Crippen LogP contribution < -0.4 is 15.5 Å². The number of hydrogen-bond donors (Lipinski definition) is 2. The van der Waals surface area contributed by atoms with Gasteiger partial charge < -0.3 is 15.5 Å². The van der Waals surface area contributed by atoms with Crippen molar-refractivity contribution in [3.63, 3.8) is 0 Å². The predicted molar refractivity (Wildman–Crippen MR) is 118 cm³/mol. The first-order chi connectivity index (χ1) is 13.6. The van der Waals surface area contributed by atoms with Crippen LogP contribution in [0.1, 0.15) is 45.2 Å². The lowest BCUT2D eigenvalue weighted by molar-refractivity contribution is -0.123. The first-order valence-corrected chi connectivity index (χ1v) is 10.3. The van der Waals surface area contributed by atoms with E-state index in [1.165, 1.54) is 0 Å². The van der Waals surface area contributed by atoms with Crippen LogP contribution in [0.25, 0.3) is 0 Å². The lowest BCUT2D eigenvalue weighted by Gasteiger charge is -2.30. The Morgan fingerprint density at radius 2 is 1.83 bits per heavy atom. The minimum atomic E-state index is -0.359. The van der Waals surface area contributed by atoms with Gasteiger partial charge in [-0.05, 0) is 75.6 Å².